The second-order valence-corrected chi connectivity index (χ2v) is 7.05. The summed E-state index contributed by atoms with van der Waals surface area (Å²) < 4.78 is 5.32. The third-order valence-electron chi connectivity index (χ3n) is 4.80. The van der Waals surface area contributed by atoms with E-state index in [1.165, 1.54) is 11.1 Å². The summed E-state index contributed by atoms with van der Waals surface area (Å²) in [4.78, 5) is 16.7. The van der Waals surface area contributed by atoms with E-state index in [1.54, 1.807) is 7.11 Å². The third-order valence-corrected chi connectivity index (χ3v) is 4.80. The van der Waals surface area contributed by atoms with E-state index >= 15 is 0 Å². The maximum absolute atomic E-state index is 12.8. The number of aliphatic hydroxyl groups is 1. The Hall–Kier alpha value is -1.43. The van der Waals surface area contributed by atoms with Crippen molar-refractivity contribution in [1.29, 1.82) is 0 Å². The van der Waals surface area contributed by atoms with Crippen LogP contribution in [0, 0.1) is 5.92 Å². The fourth-order valence-electron chi connectivity index (χ4n) is 3.44. The van der Waals surface area contributed by atoms with Crippen LogP contribution in [0.15, 0.2) is 24.3 Å². The average Bonchev–Trinajstić information content (AvgIpc) is 2.56. The van der Waals surface area contributed by atoms with Gasteiger partial charge in [-0.05, 0) is 44.5 Å². The monoisotopic (exact) mass is 334 g/mol. The van der Waals surface area contributed by atoms with Crippen LogP contribution in [-0.2, 0) is 22.6 Å². The van der Waals surface area contributed by atoms with Gasteiger partial charge in [-0.3, -0.25) is 4.79 Å². The van der Waals surface area contributed by atoms with Gasteiger partial charge in [0, 0.05) is 33.2 Å². The number of rotatable bonds is 6. The average molecular weight is 334 g/mol. The van der Waals surface area contributed by atoms with Gasteiger partial charge >= 0.3 is 0 Å². The summed E-state index contributed by atoms with van der Waals surface area (Å²) in [5.41, 5.74) is 2.43. The van der Waals surface area contributed by atoms with Crippen LogP contribution in [0.4, 0.5) is 0 Å². The zero-order valence-corrected chi connectivity index (χ0v) is 15.2. The third kappa shape index (κ3) is 4.79. The molecule has 134 valence electrons. The topological polar surface area (TPSA) is 53.0 Å². The van der Waals surface area contributed by atoms with Gasteiger partial charge in [0.05, 0.1) is 12.2 Å². The molecule has 2 rings (SSSR count). The number of ether oxygens (including phenoxy) is 1. The molecule has 5 heteroatoms. The molecule has 0 aliphatic heterocycles. The highest BCUT2D eigenvalue weighted by atomic mass is 16.5. The molecule has 1 amide bonds. The zero-order chi connectivity index (χ0) is 17.7. The molecule has 1 aliphatic rings. The Balaban J connectivity index is 2.02. The molecule has 1 saturated carbocycles. The molecule has 0 unspecified atom stereocenters. The highest BCUT2D eigenvalue weighted by Crippen LogP contribution is 2.28. The number of methoxy groups -OCH3 is 1. The van der Waals surface area contributed by atoms with Crippen LogP contribution in [0.1, 0.15) is 30.4 Å². The normalized spacial score (nSPS) is 24.2. The van der Waals surface area contributed by atoms with Gasteiger partial charge in [0.1, 0.15) is 0 Å². The first-order valence-corrected chi connectivity index (χ1v) is 8.59. The molecule has 0 bridgehead atoms. The van der Waals surface area contributed by atoms with Crippen LogP contribution in [0.2, 0.25) is 0 Å². The van der Waals surface area contributed by atoms with E-state index in [0.29, 0.717) is 19.4 Å². The quantitative estimate of drug-likeness (QED) is 0.863. The van der Waals surface area contributed by atoms with Crippen molar-refractivity contribution in [3.05, 3.63) is 35.4 Å². The molecule has 5 nitrogen and oxygen atoms in total. The Bertz CT molecular complexity index is 547. The SMILES string of the molecule is CO[C@@H]1C[C@H](C(=O)N(C)Cc2ccccc2CN(C)C)CC[C@@H]1O. The lowest BCUT2D eigenvalue weighted by atomic mass is 9.84. The van der Waals surface area contributed by atoms with Crippen LogP contribution in [0.3, 0.4) is 0 Å². The fraction of sp³-hybridized carbons (Fsp3) is 0.632. The van der Waals surface area contributed by atoms with Crippen LogP contribution in [-0.4, -0.2) is 61.3 Å². The van der Waals surface area contributed by atoms with Crippen LogP contribution in [0.25, 0.3) is 0 Å². The molecular formula is C19H30N2O3. The van der Waals surface area contributed by atoms with E-state index in [9.17, 15) is 9.90 Å². The van der Waals surface area contributed by atoms with Gasteiger partial charge in [-0.1, -0.05) is 24.3 Å². The number of amides is 1. The van der Waals surface area contributed by atoms with Gasteiger partial charge in [0.2, 0.25) is 5.91 Å². The molecular weight excluding hydrogens is 304 g/mol. The van der Waals surface area contributed by atoms with Crippen LogP contribution < -0.4 is 0 Å². The summed E-state index contributed by atoms with van der Waals surface area (Å²) >= 11 is 0. The van der Waals surface area contributed by atoms with E-state index in [4.69, 9.17) is 4.74 Å². The van der Waals surface area contributed by atoms with Crippen molar-refractivity contribution < 1.29 is 14.6 Å². The zero-order valence-electron chi connectivity index (χ0n) is 15.2. The van der Waals surface area contributed by atoms with Crippen LogP contribution >= 0.6 is 0 Å². The van der Waals surface area contributed by atoms with E-state index < -0.39 is 6.10 Å². The lowest BCUT2D eigenvalue weighted by Crippen LogP contribution is -2.42. The van der Waals surface area contributed by atoms with Gasteiger partial charge in [-0.15, -0.1) is 0 Å². The van der Waals surface area contributed by atoms with Gasteiger partial charge in [-0.2, -0.15) is 0 Å². The van der Waals surface area contributed by atoms with Crippen molar-refractivity contribution in [1.82, 2.24) is 9.80 Å². The smallest absolute Gasteiger partial charge is 0.225 e. The molecule has 3 atom stereocenters. The summed E-state index contributed by atoms with van der Waals surface area (Å²) in [5.74, 6) is 0.0768. The van der Waals surface area contributed by atoms with Crippen molar-refractivity contribution in [2.24, 2.45) is 5.92 Å². The molecule has 0 heterocycles. The van der Waals surface area contributed by atoms with Crippen molar-refractivity contribution in [2.75, 3.05) is 28.3 Å². The maximum atomic E-state index is 12.8. The standard InChI is InChI=1S/C19H30N2O3/c1-20(2)12-15-7-5-6-8-16(15)13-21(3)19(23)14-9-10-17(22)18(11-14)24-4/h5-8,14,17-18,22H,9-13H2,1-4H3/t14-,17+,18-/m1/s1. The van der Waals surface area contributed by atoms with E-state index in [1.807, 2.05) is 38.2 Å². The lowest BCUT2D eigenvalue weighted by molar-refractivity contribution is -0.140. The molecule has 1 aliphatic carbocycles. The number of carbonyl (C=O) groups is 1. The van der Waals surface area contributed by atoms with Crippen molar-refractivity contribution in [2.45, 2.75) is 44.6 Å². The van der Waals surface area contributed by atoms with Gasteiger partial charge in [0.25, 0.3) is 0 Å². The molecule has 0 spiro atoms. The number of hydrogen-bond acceptors (Lipinski definition) is 4. The Morgan fingerprint density at radius 2 is 1.79 bits per heavy atom. The first-order valence-electron chi connectivity index (χ1n) is 8.59. The number of nitrogens with zero attached hydrogens (tertiary/aromatic N) is 2. The molecule has 1 fully saturated rings. The largest absolute Gasteiger partial charge is 0.390 e. The van der Waals surface area contributed by atoms with E-state index in [-0.39, 0.29) is 17.9 Å². The second kappa shape index (κ2) is 8.60. The number of carbonyl (C=O) groups excluding carboxylic acids is 1. The maximum Gasteiger partial charge on any atom is 0.225 e. The van der Waals surface area contributed by atoms with Crippen molar-refractivity contribution in [3.63, 3.8) is 0 Å². The number of hydrogen-bond donors (Lipinski definition) is 1. The molecule has 1 aromatic carbocycles. The predicted octanol–water partition coefficient (Wildman–Crippen LogP) is 1.88. The molecule has 1 aromatic rings. The minimum atomic E-state index is -0.454. The van der Waals surface area contributed by atoms with Crippen molar-refractivity contribution in [3.8, 4) is 0 Å². The van der Waals surface area contributed by atoms with Gasteiger partial charge < -0.3 is 19.6 Å². The number of benzene rings is 1. The molecule has 24 heavy (non-hydrogen) atoms. The highest BCUT2D eigenvalue weighted by molar-refractivity contribution is 5.78. The number of aliphatic hydroxyl groups excluding tert-OH is 1. The second-order valence-electron chi connectivity index (χ2n) is 7.05. The minimum Gasteiger partial charge on any atom is -0.390 e. The van der Waals surface area contributed by atoms with Gasteiger partial charge in [-0.25, -0.2) is 0 Å². The Morgan fingerprint density at radius 1 is 1.17 bits per heavy atom. The van der Waals surface area contributed by atoms with Crippen molar-refractivity contribution >= 4 is 5.91 Å². The molecule has 1 N–H and O–H groups in total. The fourth-order valence-corrected chi connectivity index (χ4v) is 3.44. The van der Waals surface area contributed by atoms with Gasteiger partial charge in [0.15, 0.2) is 0 Å². The molecule has 0 saturated heterocycles. The summed E-state index contributed by atoms with van der Waals surface area (Å²) in [7, 11) is 7.55. The minimum absolute atomic E-state index is 0.0654. The van der Waals surface area contributed by atoms with E-state index in [2.05, 4.69) is 17.0 Å². The summed E-state index contributed by atoms with van der Waals surface area (Å²) in [6.07, 6.45) is 1.26. The van der Waals surface area contributed by atoms with Crippen LogP contribution in [0.5, 0.6) is 0 Å². The Morgan fingerprint density at radius 3 is 2.38 bits per heavy atom. The Labute approximate surface area is 145 Å². The molecule has 0 radical (unpaired) electrons. The molecule has 0 aromatic heterocycles. The Kier molecular flexibility index (Phi) is 6.78. The lowest BCUT2D eigenvalue weighted by Gasteiger charge is -2.33. The summed E-state index contributed by atoms with van der Waals surface area (Å²) in [6, 6.07) is 8.26. The van der Waals surface area contributed by atoms with E-state index in [0.717, 1.165) is 13.0 Å². The summed E-state index contributed by atoms with van der Waals surface area (Å²) in [5, 5.41) is 9.91. The highest BCUT2D eigenvalue weighted by Gasteiger charge is 2.34. The first kappa shape index (κ1) is 18.9. The predicted molar refractivity (Wildman–Crippen MR) is 94.5 cm³/mol. The summed E-state index contributed by atoms with van der Waals surface area (Å²) in [6.45, 7) is 1.47. The first-order chi connectivity index (χ1) is 11.4.